The van der Waals surface area contributed by atoms with E-state index in [2.05, 4.69) is 132 Å². The van der Waals surface area contributed by atoms with E-state index in [9.17, 15) is 0 Å². The monoisotopic (exact) mass is 511 g/mol. The summed E-state index contributed by atoms with van der Waals surface area (Å²) in [5.74, 6) is 0. The van der Waals surface area contributed by atoms with Crippen molar-refractivity contribution in [2.24, 2.45) is 0 Å². The number of halogens is 1. The lowest BCUT2D eigenvalue weighted by Gasteiger charge is -2.28. The molecular formula is C32H34BrN. The van der Waals surface area contributed by atoms with Gasteiger partial charge in [0.15, 0.2) is 0 Å². The fourth-order valence-corrected chi connectivity index (χ4v) is 4.64. The van der Waals surface area contributed by atoms with E-state index in [0.29, 0.717) is 0 Å². The van der Waals surface area contributed by atoms with Crippen molar-refractivity contribution >= 4 is 33.0 Å². The molecule has 4 aromatic rings. The van der Waals surface area contributed by atoms with E-state index < -0.39 is 0 Å². The van der Waals surface area contributed by atoms with Crippen molar-refractivity contribution in [1.29, 1.82) is 0 Å². The summed E-state index contributed by atoms with van der Waals surface area (Å²) >= 11 is 3.60. The summed E-state index contributed by atoms with van der Waals surface area (Å²) in [5.41, 5.74) is 8.86. The highest BCUT2D eigenvalue weighted by Gasteiger charge is 2.17. The lowest BCUT2D eigenvalue weighted by Crippen LogP contribution is -2.11. The minimum atomic E-state index is 1.10. The third-order valence-corrected chi connectivity index (χ3v) is 6.83. The van der Waals surface area contributed by atoms with Crippen LogP contribution < -0.4 is 4.90 Å². The molecule has 0 spiro atoms. The van der Waals surface area contributed by atoms with Gasteiger partial charge >= 0.3 is 0 Å². The number of aryl methyl sites for hydroxylation is 2. The molecule has 0 N–H and O–H groups in total. The lowest BCUT2D eigenvalue weighted by atomic mass is 9.97. The number of unbranched alkanes of at least 4 members (excludes halogenated alkanes) is 2. The molecule has 1 nitrogen and oxygen atoms in total. The van der Waals surface area contributed by atoms with E-state index >= 15 is 0 Å². The van der Waals surface area contributed by atoms with Crippen LogP contribution in [0.25, 0.3) is 11.1 Å². The summed E-state index contributed by atoms with van der Waals surface area (Å²) in [6.45, 7) is 4.50. The standard InChI is InChI=1S/C32H34BrN/c1-3-5-10-25-14-21-30(22-15-25)34(29-12-8-7-9-13-29)32-23-16-26(11-6-4-2)24-31(32)27-17-19-28(33)20-18-27/h7-9,12-24H,3-6,10-11H2,1-2H3. The Morgan fingerprint density at radius 2 is 1.21 bits per heavy atom. The maximum atomic E-state index is 3.60. The zero-order valence-electron chi connectivity index (χ0n) is 20.3. The normalized spacial score (nSPS) is 10.9. The first kappa shape index (κ1) is 24.3. The van der Waals surface area contributed by atoms with Gasteiger partial charge in [0.05, 0.1) is 5.69 Å². The van der Waals surface area contributed by atoms with Crippen LogP contribution in [-0.4, -0.2) is 0 Å². The minimum absolute atomic E-state index is 1.10. The average Bonchev–Trinajstić information content (AvgIpc) is 2.89. The lowest BCUT2D eigenvalue weighted by molar-refractivity contribution is 0.795. The van der Waals surface area contributed by atoms with Gasteiger partial charge in [0.25, 0.3) is 0 Å². The Bertz CT molecular complexity index is 1160. The first-order valence-electron chi connectivity index (χ1n) is 12.5. The Morgan fingerprint density at radius 3 is 1.85 bits per heavy atom. The Hall–Kier alpha value is -2.84. The molecule has 0 aliphatic rings. The fourth-order valence-electron chi connectivity index (χ4n) is 4.37. The van der Waals surface area contributed by atoms with Crippen LogP contribution >= 0.6 is 15.9 Å². The molecule has 0 aromatic heterocycles. The van der Waals surface area contributed by atoms with Gasteiger partial charge < -0.3 is 4.90 Å². The van der Waals surface area contributed by atoms with Gasteiger partial charge in [-0.1, -0.05) is 91.1 Å². The van der Waals surface area contributed by atoms with Crippen molar-refractivity contribution in [1.82, 2.24) is 0 Å². The van der Waals surface area contributed by atoms with Gasteiger partial charge in [0.2, 0.25) is 0 Å². The summed E-state index contributed by atoms with van der Waals surface area (Å²) in [6, 6.07) is 35.5. The molecule has 0 amide bonds. The van der Waals surface area contributed by atoms with Crippen LogP contribution in [0.3, 0.4) is 0 Å². The largest absolute Gasteiger partial charge is 0.310 e. The smallest absolute Gasteiger partial charge is 0.0540 e. The van der Waals surface area contributed by atoms with Crippen molar-refractivity contribution < 1.29 is 0 Å². The second-order valence-electron chi connectivity index (χ2n) is 8.90. The zero-order valence-corrected chi connectivity index (χ0v) is 21.9. The fraction of sp³-hybridized carbons (Fsp3) is 0.250. The summed E-state index contributed by atoms with van der Waals surface area (Å²) in [4.78, 5) is 2.39. The first-order chi connectivity index (χ1) is 16.7. The molecular weight excluding hydrogens is 478 g/mol. The summed E-state index contributed by atoms with van der Waals surface area (Å²) < 4.78 is 1.10. The van der Waals surface area contributed by atoms with E-state index in [-0.39, 0.29) is 0 Å². The van der Waals surface area contributed by atoms with Crippen LogP contribution in [0.2, 0.25) is 0 Å². The molecule has 174 valence electrons. The predicted molar refractivity (Wildman–Crippen MR) is 151 cm³/mol. The molecule has 0 bridgehead atoms. The molecule has 4 rings (SSSR count). The molecule has 0 saturated heterocycles. The van der Waals surface area contributed by atoms with Crippen molar-refractivity contribution in [3.63, 3.8) is 0 Å². The highest BCUT2D eigenvalue weighted by Crippen LogP contribution is 2.41. The SMILES string of the molecule is CCCCc1ccc(N(c2ccccc2)c2ccc(CCCC)cc2-c2ccc(Br)cc2)cc1. The van der Waals surface area contributed by atoms with Crippen molar-refractivity contribution in [2.45, 2.75) is 52.4 Å². The summed E-state index contributed by atoms with van der Waals surface area (Å²) in [7, 11) is 0. The quantitative estimate of drug-likeness (QED) is 0.204. The van der Waals surface area contributed by atoms with Gasteiger partial charge in [-0.3, -0.25) is 0 Å². The number of hydrogen-bond donors (Lipinski definition) is 0. The molecule has 0 radical (unpaired) electrons. The first-order valence-corrected chi connectivity index (χ1v) is 13.3. The molecule has 0 saturated carbocycles. The maximum Gasteiger partial charge on any atom is 0.0540 e. The Kier molecular flexibility index (Phi) is 8.60. The number of rotatable bonds is 10. The van der Waals surface area contributed by atoms with E-state index in [4.69, 9.17) is 0 Å². The van der Waals surface area contributed by atoms with Crippen LogP contribution in [0.15, 0.2) is 102 Å². The van der Waals surface area contributed by atoms with E-state index in [1.54, 1.807) is 0 Å². The Balaban J connectivity index is 1.84. The van der Waals surface area contributed by atoms with Gasteiger partial charge in [-0.25, -0.2) is 0 Å². The van der Waals surface area contributed by atoms with Crippen LogP contribution in [0.5, 0.6) is 0 Å². The van der Waals surface area contributed by atoms with Gasteiger partial charge in [-0.05, 0) is 90.9 Å². The number of benzene rings is 4. The van der Waals surface area contributed by atoms with Gasteiger partial charge in [0.1, 0.15) is 0 Å². The molecule has 34 heavy (non-hydrogen) atoms. The number of nitrogens with zero attached hydrogens (tertiary/aromatic N) is 1. The summed E-state index contributed by atoms with van der Waals surface area (Å²) in [5, 5.41) is 0. The van der Waals surface area contributed by atoms with Crippen LogP contribution in [0, 0.1) is 0 Å². The number of anilines is 3. The second kappa shape index (κ2) is 12.0. The number of hydrogen-bond acceptors (Lipinski definition) is 1. The summed E-state index contributed by atoms with van der Waals surface area (Å²) in [6.07, 6.45) is 7.11. The Labute approximate surface area is 213 Å². The van der Waals surface area contributed by atoms with Crippen molar-refractivity contribution in [3.8, 4) is 11.1 Å². The highest BCUT2D eigenvalue weighted by atomic mass is 79.9. The van der Waals surface area contributed by atoms with Crippen molar-refractivity contribution in [2.75, 3.05) is 4.90 Å². The van der Waals surface area contributed by atoms with Crippen LogP contribution in [0.1, 0.15) is 50.7 Å². The minimum Gasteiger partial charge on any atom is -0.310 e. The second-order valence-corrected chi connectivity index (χ2v) is 9.82. The van der Waals surface area contributed by atoms with Gasteiger partial charge in [-0.15, -0.1) is 0 Å². The molecule has 0 heterocycles. The van der Waals surface area contributed by atoms with E-state index in [0.717, 1.165) is 17.3 Å². The molecule has 4 aromatic carbocycles. The third-order valence-electron chi connectivity index (χ3n) is 6.30. The molecule has 0 unspecified atom stereocenters. The zero-order chi connectivity index (χ0) is 23.8. The molecule has 0 aliphatic carbocycles. The highest BCUT2D eigenvalue weighted by molar-refractivity contribution is 9.10. The molecule has 0 fully saturated rings. The topological polar surface area (TPSA) is 3.24 Å². The third kappa shape index (κ3) is 5.98. The van der Waals surface area contributed by atoms with E-state index in [1.165, 1.54) is 65.0 Å². The predicted octanol–water partition coefficient (Wildman–Crippen LogP) is 10.3. The van der Waals surface area contributed by atoms with Crippen LogP contribution in [0.4, 0.5) is 17.1 Å². The average molecular weight is 513 g/mol. The molecule has 0 atom stereocenters. The maximum absolute atomic E-state index is 3.60. The number of para-hydroxylation sites is 1. The molecule has 2 heteroatoms. The Morgan fingerprint density at radius 1 is 0.618 bits per heavy atom. The molecule has 0 aliphatic heterocycles. The van der Waals surface area contributed by atoms with Crippen molar-refractivity contribution in [3.05, 3.63) is 113 Å². The van der Waals surface area contributed by atoms with Gasteiger partial charge in [0, 0.05) is 21.4 Å². The van der Waals surface area contributed by atoms with Crippen LogP contribution in [-0.2, 0) is 12.8 Å². The van der Waals surface area contributed by atoms with E-state index in [1.807, 2.05) is 0 Å². The van der Waals surface area contributed by atoms with Gasteiger partial charge in [-0.2, -0.15) is 0 Å².